The normalized spacial score (nSPS) is 11.5. The van der Waals surface area contributed by atoms with Crippen molar-refractivity contribution in [1.29, 1.82) is 0 Å². The Morgan fingerprint density at radius 1 is 0.750 bits per heavy atom. The molecular formula is C20H18N2O2. The summed E-state index contributed by atoms with van der Waals surface area (Å²) in [5.74, 6) is -1.04. The number of hydrogen-bond acceptors (Lipinski definition) is 3. The molecule has 0 radical (unpaired) electrons. The van der Waals surface area contributed by atoms with Gasteiger partial charge in [-0.1, -0.05) is 60.7 Å². The van der Waals surface area contributed by atoms with Crippen molar-refractivity contribution in [3.8, 4) is 0 Å². The van der Waals surface area contributed by atoms with Crippen molar-refractivity contribution in [1.82, 2.24) is 5.48 Å². The highest BCUT2D eigenvalue weighted by atomic mass is 16.5. The first-order valence-electron chi connectivity index (χ1n) is 7.69. The van der Waals surface area contributed by atoms with E-state index in [1.165, 1.54) is 0 Å². The maximum absolute atomic E-state index is 12.2. The van der Waals surface area contributed by atoms with E-state index in [0.29, 0.717) is 0 Å². The van der Waals surface area contributed by atoms with Crippen LogP contribution in [0.4, 0.5) is 11.4 Å². The molecular weight excluding hydrogens is 300 g/mol. The van der Waals surface area contributed by atoms with Gasteiger partial charge < -0.3 is 5.32 Å². The largest absolute Gasteiger partial charge is 0.356 e. The summed E-state index contributed by atoms with van der Waals surface area (Å²) in [6.07, 6.45) is 0. The topological polar surface area (TPSA) is 61.4 Å². The van der Waals surface area contributed by atoms with Gasteiger partial charge in [-0.2, -0.15) is 0 Å². The zero-order valence-electron chi connectivity index (χ0n) is 13.0. The van der Waals surface area contributed by atoms with Crippen LogP contribution in [0.1, 0.15) is 17.0 Å². The van der Waals surface area contributed by atoms with Crippen molar-refractivity contribution in [3.05, 3.63) is 96.1 Å². The third kappa shape index (κ3) is 3.62. The highest BCUT2D eigenvalue weighted by molar-refractivity contribution is 5.86. The molecule has 4 nitrogen and oxygen atoms in total. The molecule has 3 aromatic carbocycles. The van der Waals surface area contributed by atoms with Crippen LogP contribution in [0.25, 0.3) is 0 Å². The Kier molecular flexibility index (Phi) is 4.89. The molecule has 1 unspecified atom stereocenters. The van der Waals surface area contributed by atoms with Gasteiger partial charge in [0.1, 0.15) is 0 Å². The van der Waals surface area contributed by atoms with Crippen LogP contribution >= 0.6 is 0 Å². The molecule has 0 aromatic heterocycles. The molecule has 1 atom stereocenters. The molecule has 0 fully saturated rings. The average molecular weight is 318 g/mol. The van der Waals surface area contributed by atoms with Gasteiger partial charge >= 0.3 is 0 Å². The number of rotatable bonds is 5. The number of anilines is 2. The van der Waals surface area contributed by atoms with Crippen LogP contribution < -0.4 is 10.8 Å². The van der Waals surface area contributed by atoms with Gasteiger partial charge in [0.25, 0.3) is 5.91 Å². The first-order valence-corrected chi connectivity index (χ1v) is 7.69. The average Bonchev–Trinajstić information content (AvgIpc) is 2.64. The highest BCUT2D eigenvalue weighted by Crippen LogP contribution is 2.28. The Hall–Kier alpha value is -3.11. The summed E-state index contributed by atoms with van der Waals surface area (Å²) in [5, 5.41) is 12.4. The molecule has 3 N–H and O–H groups in total. The fraction of sp³-hybridized carbons (Fsp3) is 0.0500. The quantitative estimate of drug-likeness (QED) is 0.491. The van der Waals surface area contributed by atoms with Gasteiger partial charge in [-0.3, -0.25) is 10.0 Å². The molecule has 1 amide bonds. The van der Waals surface area contributed by atoms with E-state index in [1.54, 1.807) is 5.48 Å². The van der Waals surface area contributed by atoms with Crippen LogP contribution in [0.5, 0.6) is 0 Å². The number of carbonyl (C=O) groups is 1. The fourth-order valence-electron chi connectivity index (χ4n) is 2.69. The molecule has 0 saturated heterocycles. The van der Waals surface area contributed by atoms with E-state index in [2.05, 4.69) is 5.32 Å². The molecule has 0 spiro atoms. The minimum Gasteiger partial charge on any atom is -0.356 e. The van der Waals surface area contributed by atoms with E-state index in [-0.39, 0.29) is 0 Å². The number of para-hydroxylation sites is 1. The molecule has 0 aliphatic rings. The lowest BCUT2D eigenvalue weighted by molar-refractivity contribution is -0.129. The molecule has 0 bridgehead atoms. The Labute approximate surface area is 140 Å². The lowest BCUT2D eigenvalue weighted by Gasteiger charge is -2.17. The fourth-order valence-corrected chi connectivity index (χ4v) is 2.69. The second-order valence-corrected chi connectivity index (χ2v) is 5.44. The minimum absolute atomic E-state index is 0.460. The molecule has 24 heavy (non-hydrogen) atoms. The Morgan fingerprint density at radius 2 is 1.33 bits per heavy atom. The maximum atomic E-state index is 12.2. The smallest absolute Gasteiger partial charge is 0.255 e. The Bertz CT molecular complexity index is 804. The summed E-state index contributed by atoms with van der Waals surface area (Å²) in [5.41, 5.74) is 5.24. The number of hydrogen-bond donors (Lipinski definition) is 3. The Balaban J connectivity index is 1.94. The summed E-state index contributed by atoms with van der Waals surface area (Å²) >= 11 is 0. The zero-order chi connectivity index (χ0) is 16.8. The molecule has 4 heteroatoms. The predicted molar refractivity (Wildman–Crippen MR) is 94.4 cm³/mol. The van der Waals surface area contributed by atoms with Crippen LogP contribution in [0.15, 0.2) is 84.9 Å². The number of benzene rings is 3. The maximum Gasteiger partial charge on any atom is 0.255 e. The van der Waals surface area contributed by atoms with E-state index in [4.69, 9.17) is 5.21 Å². The lowest BCUT2D eigenvalue weighted by atomic mass is 9.90. The summed E-state index contributed by atoms with van der Waals surface area (Å²) in [6.45, 7) is 0. The second-order valence-electron chi connectivity index (χ2n) is 5.44. The third-order valence-electron chi connectivity index (χ3n) is 3.79. The second kappa shape index (κ2) is 7.44. The number of hydroxylamine groups is 1. The minimum atomic E-state index is -0.575. The van der Waals surface area contributed by atoms with Crippen molar-refractivity contribution in [2.45, 2.75) is 5.92 Å². The molecule has 0 aliphatic heterocycles. The van der Waals surface area contributed by atoms with Crippen molar-refractivity contribution >= 4 is 17.3 Å². The van der Waals surface area contributed by atoms with Crippen LogP contribution in [-0.2, 0) is 4.79 Å². The van der Waals surface area contributed by atoms with Gasteiger partial charge in [0.2, 0.25) is 0 Å². The van der Waals surface area contributed by atoms with Gasteiger partial charge in [-0.05, 0) is 35.4 Å². The number of nitrogens with one attached hydrogen (secondary N) is 2. The first kappa shape index (κ1) is 15.8. The van der Waals surface area contributed by atoms with E-state index in [0.717, 1.165) is 22.5 Å². The van der Waals surface area contributed by atoms with Gasteiger partial charge in [0.05, 0.1) is 5.92 Å². The molecule has 0 heterocycles. The van der Waals surface area contributed by atoms with Gasteiger partial charge in [-0.25, -0.2) is 5.48 Å². The van der Waals surface area contributed by atoms with Crippen LogP contribution in [0.3, 0.4) is 0 Å². The summed E-state index contributed by atoms with van der Waals surface area (Å²) in [6, 6.07) is 26.8. The molecule has 0 aliphatic carbocycles. The number of amides is 1. The Morgan fingerprint density at radius 3 is 2.00 bits per heavy atom. The molecule has 3 aromatic rings. The summed E-state index contributed by atoms with van der Waals surface area (Å²) < 4.78 is 0. The van der Waals surface area contributed by atoms with Gasteiger partial charge in [-0.15, -0.1) is 0 Å². The van der Waals surface area contributed by atoms with Crippen LogP contribution in [0.2, 0.25) is 0 Å². The highest BCUT2D eigenvalue weighted by Gasteiger charge is 2.22. The molecule has 3 rings (SSSR count). The van der Waals surface area contributed by atoms with Crippen molar-refractivity contribution < 1.29 is 10.0 Å². The van der Waals surface area contributed by atoms with Crippen molar-refractivity contribution in [2.75, 3.05) is 5.32 Å². The monoisotopic (exact) mass is 318 g/mol. The lowest BCUT2D eigenvalue weighted by Crippen LogP contribution is -2.27. The summed E-state index contributed by atoms with van der Waals surface area (Å²) in [4.78, 5) is 12.2. The number of carbonyl (C=O) groups excluding carboxylic acids is 1. The van der Waals surface area contributed by atoms with E-state index >= 15 is 0 Å². The standard InChI is InChI=1S/C20H18N2O2/c23-20(22-24)19(15-8-3-1-4-9-15)16-10-7-13-18(14-16)21-17-11-5-2-6-12-17/h1-14,19,21,24H,(H,22,23). The van der Waals surface area contributed by atoms with Crippen molar-refractivity contribution in [3.63, 3.8) is 0 Å². The van der Waals surface area contributed by atoms with E-state index < -0.39 is 11.8 Å². The first-order chi connectivity index (χ1) is 11.8. The third-order valence-corrected chi connectivity index (χ3v) is 3.79. The zero-order valence-corrected chi connectivity index (χ0v) is 13.0. The molecule has 0 saturated carbocycles. The van der Waals surface area contributed by atoms with E-state index in [9.17, 15) is 4.79 Å². The predicted octanol–water partition coefficient (Wildman–Crippen LogP) is 4.07. The van der Waals surface area contributed by atoms with Gasteiger partial charge in [0.15, 0.2) is 0 Å². The SMILES string of the molecule is O=C(NO)C(c1ccccc1)c1cccc(Nc2ccccc2)c1. The van der Waals surface area contributed by atoms with Crippen LogP contribution in [0, 0.1) is 0 Å². The van der Waals surface area contributed by atoms with Crippen molar-refractivity contribution in [2.24, 2.45) is 0 Å². The van der Waals surface area contributed by atoms with Gasteiger partial charge in [0, 0.05) is 11.4 Å². The summed E-state index contributed by atoms with van der Waals surface area (Å²) in [7, 11) is 0. The van der Waals surface area contributed by atoms with Crippen LogP contribution in [-0.4, -0.2) is 11.1 Å². The van der Waals surface area contributed by atoms with E-state index in [1.807, 2.05) is 84.9 Å². The molecule has 120 valence electrons.